The molecule has 2 heterocycles. The quantitative estimate of drug-likeness (QED) is 0.709. The Hall–Kier alpha value is -1.14. The highest BCUT2D eigenvalue weighted by atomic mass is 16.5. The molecule has 0 atom stereocenters. The number of anilines is 1. The van der Waals surface area contributed by atoms with E-state index in [4.69, 9.17) is 10.5 Å². The van der Waals surface area contributed by atoms with Gasteiger partial charge in [0.25, 0.3) is 0 Å². The van der Waals surface area contributed by atoms with Gasteiger partial charge >= 0.3 is 0 Å². The van der Waals surface area contributed by atoms with Crippen LogP contribution in [-0.2, 0) is 17.3 Å². The van der Waals surface area contributed by atoms with Crippen molar-refractivity contribution in [3.63, 3.8) is 0 Å². The van der Waals surface area contributed by atoms with Crippen LogP contribution in [0.2, 0.25) is 0 Å². The molecule has 1 saturated heterocycles. The Labute approximate surface area is 88.8 Å². The highest BCUT2D eigenvalue weighted by molar-refractivity contribution is 5.26. The number of hydrogen-bond acceptors (Lipinski definition) is 5. The molecule has 0 aliphatic carbocycles. The molecule has 15 heavy (non-hydrogen) atoms. The average molecular weight is 211 g/mol. The first kappa shape index (κ1) is 10.4. The summed E-state index contributed by atoms with van der Waals surface area (Å²) in [6, 6.07) is 0. The zero-order valence-corrected chi connectivity index (χ0v) is 9.16. The van der Waals surface area contributed by atoms with Crippen molar-refractivity contribution in [2.45, 2.75) is 18.4 Å². The second-order valence-corrected chi connectivity index (χ2v) is 3.92. The normalized spacial score (nSPS) is 20.2. The summed E-state index contributed by atoms with van der Waals surface area (Å²) in [5, 5.41) is 11.2. The summed E-state index contributed by atoms with van der Waals surface area (Å²) in [6.07, 6.45) is 1.59. The molecule has 0 unspecified atom stereocenters. The van der Waals surface area contributed by atoms with Crippen molar-refractivity contribution >= 4 is 5.95 Å². The summed E-state index contributed by atoms with van der Waals surface area (Å²) in [7, 11) is 3.74. The van der Waals surface area contributed by atoms with Gasteiger partial charge in [-0.1, -0.05) is 0 Å². The van der Waals surface area contributed by atoms with Crippen molar-refractivity contribution in [2.24, 2.45) is 12.8 Å². The number of hydrogen-bond donors (Lipinski definition) is 2. The van der Waals surface area contributed by atoms with E-state index in [2.05, 4.69) is 15.5 Å². The SMILES string of the molecule is CNc1nnc(C2(N)CCOCC2)n1C. The van der Waals surface area contributed by atoms with Gasteiger partial charge in [0.2, 0.25) is 5.95 Å². The minimum Gasteiger partial charge on any atom is -0.381 e. The van der Waals surface area contributed by atoms with Gasteiger partial charge in [-0.25, -0.2) is 0 Å². The van der Waals surface area contributed by atoms with Crippen LogP contribution in [0.1, 0.15) is 18.7 Å². The van der Waals surface area contributed by atoms with Crippen molar-refractivity contribution < 1.29 is 4.74 Å². The van der Waals surface area contributed by atoms with E-state index >= 15 is 0 Å². The van der Waals surface area contributed by atoms with Crippen LogP contribution in [0.3, 0.4) is 0 Å². The van der Waals surface area contributed by atoms with Crippen LogP contribution in [-0.4, -0.2) is 35.0 Å². The van der Waals surface area contributed by atoms with Crippen molar-refractivity contribution in [1.82, 2.24) is 14.8 Å². The first-order valence-electron chi connectivity index (χ1n) is 5.11. The van der Waals surface area contributed by atoms with Gasteiger partial charge in [-0.15, -0.1) is 10.2 Å². The number of aromatic nitrogens is 3. The lowest BCUT2D eigenvalue weighted by molar-refractivity contribution is 0.0481. The highest BCUT2D eigenvalue weighted by Crippen LogP contribution is 2.28. The Morgan fingerprint density at radius 2 is 2.07 bits per heavy atom. The lowest BCUT2D eigenvalue weighted by Gasteiger charge is -2.32. The topological polar surface area (TPSA) is 78.0 Å². The van der Waals surface area contributed by atoms with Gasteiger partial charge in [-0.3, -0.25) is 4.57 Å². The molecular weight excluding hydrogens is 194 g/mol. The Kier molecular flexibility index (Phi) is 2.62. The van der Waals surface area contributed by atoms with Gasteiger partial charge in [0.1, 0.15) is 0 Å². The number of nitrogens with zero attached hydrogens (tertiary/aromatic N) is 3. The van der Waals surface area contributed by atoms with Gasteiger partial charge in [-0.2, -0.15) is 0 Å². The minimum atomic E-state index is -0.394. The van der Waals surface area contributed by atoms with Crippen molar-refractivity contribution in [1.29, 1.82) is 0 Å². The molecule has 84 valence electrons. The molecule has 0 amide bonds. The fraction of sp³-hybridized carbons (Fsp3) is 0.778. The molecule has 2 rings (SSSR count). The summed E-state index contributed by atoms with van der Waals surface area (Å²) in [4.78, 5) is 0. The fourth-order valence-electron chi connectivity index (χ4n) is 1.94. The monoisotopic (exact) mass is 211 g/mol. The first-order chi connectivity index (χ1) is 7.17. The zero-order valence-electron chi connectivity index (χ0n) is 9.16. The molecule has 1 aromatic rings. The lowest BCUT2D eigenvalue weighted by atomic mass is 9.90. The average Bonchev–Trinajstić information content (AvgIpc) is 2.61. The van der Waals surface area contributed by atoms with E-state index in [9.17, 15) is 0 Å². The lowest BCUT2D eigenvalue weighted by Crippen LogP contribution is -2.44. The molecule has 0 saturated carbocycles. The second-order valence-electron chi connectivity index (χ2n) is 3.92. The van der Waals surface area contributed by atoms with Crippen molar-refractivity contribution in [3.8, 4) is 0 Å². The summed E-state index contributed by atoms with van der Waals surface area (Å²) < 4.78 is 7.21. The molecule has 0 spiro atoms. The van der Waals surface area contributed by atoms with Crippen LogP contribution < -0.4 is 11.1 Å². The Morgan fingerprint density at radius 3 is 2.60 bits per heavy atom. The molecule has 3 N–H and O–H groups in total. The maximum atomic E-state index is 6.32. The first-order valence-corrected chi connectivity index (χ1v) is 5.11. The van der Waals surface area contributed by atoms with E-state index in [-0.39, 0.29) is 0 Å². The summed E-state index contributed by atoms with van der Waals surface area (Å²) >= 11 is 0. The van der Waals surface area contributed by atoms with Gasteiger partial charge in [0, 0.05) is 27.3 Å². The van der Waals surface area contributed by atoms with Crippen LogP contribution in [0.4, 0.5) is 5.95 Å². The predicted octanol–water partition coefficient (Wildman–Crippen LogP) is -0.179. The summed E-state index contributed by atoms with van der Waals surface area (Å²) in [5.41, 5.74) is 5.92. The fourth-order valence-corrected chi connectivity index (χ4v) is 1.94. The third-order valence-corrected chi connectivity index (χ3v) is 2.93. The summed E-state index contributed by atoms with van der Waals surface area (Å²) in [6.45, 7) is 1.39. The van der Waals surface area contributed by atoms with Crippen molar-refractivity contribution in [2.75, 3.05) is 25.6 Å². The van der Waals surface area contributed by atoms with Gasteiger partial charge in [-0.05, 0) is 12.8 Å². The smallest absolute Gasteiger partial charge is 0.224 e. The predicted molar refractivity (Wildman–Crippen MR) is 56.5 cm³/mol. The molecule has 1 aliphatic rings. The van der Waals surface area contributed by atoms with E-state index in [1.54, 1.807) is 0 Å². The van der Waals surface area contributed by atoms with E-state index in [1.165, 1.54) is 0 Å². The molecular formula is C9H17N5O. The molecule has 1 aromatic heterocycles. The van der Waals surface area contributed by atoms with Crippen LogP contribution in [0.25, 0.3) is 0 Å². The van der Waals surface area contributed by atoms with E-state index < -0.39 is 5.54 Å². The Morgan fingerprint density at radius 1 is 1.40 bits per heavy atom. The third kappa shape index (κ3) is 1.70. The standard InChI is InChI=1S/C9H17N5O/c1-11-8-13-12-7(14(8)2)9(10)3-5-15-6-4-9/h3-6,10H2,1-2H3,(H,11,13). The number of nitrogens with two attached hydrogens (primary N) is 1. The molecule has 1 fully saturated rings. The van der Waals surface area contributed by atoms with Crippen LogP contribution >= 0.6 is 0 Å². The van der Waals surface area contributed by atoms with Crippen molar-refractivity contribution in [3.05, 3.63) is 5.82 Å². The maximum Gasteiger partial charge on any atom is 0.224 e. The van der Waals surface area contributed by atoms with E-state index in [0.29, 0.717) is 13.2 Å². The highest BCUT2D eigenvalue weighted by Gasteiger charge is 2.34. The molecule has 0 radical (unpaired) electrons. The Bertz CT molecular complexity index is 342. The largest absolute Gasteiger partial charge is 0.381 e. The minimum absolute atomic E-state index is 0.394. The molecule has 0 aromatic carbocycles. The van der Waals surface area contributed by atoms with E-state index in [1.807, 2.05) is 18.7 Å². The van der Waals surface area contributed by atoms with Gasteiger partial charge in [0.05, 0.1) is 5.54 Å². The zero-order chi connectivity index (χ0) is 10.9. The molecule has 6 heteroatoms. The number of nitrogens with one attached hydrogen (secondary N) is 1. The second kappa shape index (κ2) is 3.79. The number of ether oxygens (including phenoxy) is 1. The van der Waals surface area contributed by atoms with Crippen LogP contribution in [0, 0.1) is 0 Å². The Balaban J connectivity index is 2.30. The van der Waals surface area contributed by atoms with Crippen LogP contribution in [0.15, 0.2) is 0 Å². The summed E-state index contributed by atoms with van der Waals surface area (Å²) in [5.74, 6) is 1.57. The molecule has 0 bridgehead atoms. The third-order valence-electron chi connectivity index (χ3n) is 2.93. The molecule has 6 nitrogen and oxygen atoms in total. The van der Waals surface area contributed by atoms with Crippen LogP contribution in [0.5, 0.6) is 0 Å². The van der Waals surface area contributed by atoms with Gasteiger partial charge < -0.3 is 15.8 Å². The maximum absolute atomic E-state index is 6.32. The van der Waals surface area contributed by atoms with E-state index in [0.717, 1.165) is 24.6 Å². The molecule has 1 aliphatic heterocycles. The number of rotatable bonds is 2. The van der Waals surface area contributed by atoms with Gasteiger partial charge in [0.15, 0.2) is 5.82 Å².